The fourth-order valence-corrected chi connectivity index (χ4v) is 2.31. The first-order chi connectivity index (χ1) is 9.34. The van der Waals surface area contributed by atoms with Gasteiger partial charge in [-0.1, -0.05) is 17.7 Å². The zero-order valence-electron chi connectivity index (χ0n) is 13.3. The maximum absolute atomic E-state index is 11.7. The molecule has 20 heavy (non-hydrogen) atoms. The molecule has 0 bridgehead atoms. The number of ether oxygens (including phenoxy) is 2. The molecule has 0 heterocycles. The second kappa shape index (κ2) is 6.75. The quantitative estimate of drug-likeness (QED) is 0.813. The monoisotopic (exact) mass is 279 g/mol. The van der Waals surface area contributed by atoms with Crippen molar-refractivity contribution >= 4 is 5.97 Å². The van der Waals surface area contributed by atoms with E-state index < -0.39 is 5.54 Å². The Morgan fingerprint density at radius 2 is 1.80 bits per heavy atom. The van der Waals surface area contributed by atoms with E-state index >= 15 is 0 Å². The van der Waals surface area contributed by atoms with Crippen molar-refractivity contribution < 1.29 is 14.3 Å². The van der Waals surface area contributed by atoms with Crippen LogP contribution in [-0.2, 0) is 9.53 Å². The fourth-order valence-electron chi connectivity index (χ4n) is 2.31. The Morgan fingerprint density at radius 1 is 1.25 bits per heavy atom. The normalized spacial score (nSPS) is 13.7. The molecule has 0 aliphatic heterocycles. The van der Waals surface area contributed by atoms with E-state index in [1.165, 1.54) is 12.7 Å². The van der Waals surface area contributed by atoms with Gasteiger partial charge in [0.1, 0.15) is 11.3 Å². The molecule has 1 aromatic rings. The molecule has 4 nitrogen and oxygen atoms in total. The molecular weight excluding hydrogens is 254 g/mol. The number of carbonyl (C=O) groups is 1. The number of rotatable bonds is 6. The van der Waals surface area contributed by atoms with Crippen LogP contribution in [0.15, 0.2) is 12.1 Å². The number of benzene rings is 1. The second-order valence-electron chi connectivity index (χ2n) is 5.40. The van der Waals surface area contributed by atoms with Gasteiger partial charge in [0, 0.05) is 6.42 Å². The minimum Gasteiger partial charge on any atom is -0.493 e. The summed E-state index contributed by atoms with van der Waals surface area (Å²) in [5.74, 6) is 0.625. The lowest BCUT2D eigenvalue weighted by Crippen LogP contribution is -2.49. The lowest BCUT2D eigenvalue weighted by Gasteiger charge is -2.26. The van der Waals surface area contributed by atoms with Crippen LogP contribution in [0.4, 0.5) is 0 Å². The first kappa shape index (κ1) is 16.5. The highest BCUT2D eigenvalue weighted by Crippen LogP contribution is 2.25. The number of likely N-dealkylation sites (N-methyl/N-ethyl adjacent to an activating group) is 1. The summed E-state index contributed by atoms with van der Waals surface area (Å²) in [6.45, 7) is 8.41. The van der Waals surface area contributed by atoms with Crippen molar-refractivity contribution in [2.24, 2.45) is 0 Å². The molecule has 4 heteroatoms. The Hall–Kier alpha value is -1.55. The predicted molar refractivity (Wildman–Crippen MR) is 80.2 cm³/mol. The minimum atomic E-state index is -0.721. The van der Waals surface area contributed by atoms with Crippen LogP contribution in [-0.4, -0.2) is 32.3 Å². The van der Waals surface area contributed by atoms with Crippen LogP contribution in [0.3, 0.4) is 0 Å². The van der Waals surface area contributed by atoms with Crippen LogP contribution < -0.4 is 10.1 Å². The molecule has 112 valence electrons. The molecule has 0 radical (unpaired) electrons. The van der Waals surface area contributed by atoms with Gasteiger partial charge in [-0.25, -0.2) is 0 Å². The van der Waals surface area contributed by atoms with Crippen LogP contribution in [0, 0.1) is 20.8 Å². The number of hydrogen-bond donors (Lipinski definition) is 1. The third-order valence-corrected chi connectivity index (χ3v) is 3.64. The zero-order chi connectivity index (χ0) is 15.3. The van der Waals surface area contributed by atoms with Gasteiger partial charge in [0.2, 0.25) is 0 Å². The van der Waals surface area contributed by atoms with Crippen molar-refractivity contribution in [3.05, 3.63) is 28.8 Å². The van der Waals surface area contributed by atoms with Gasteiger partial charge in [0.25, 0.3) is 0 Å². The molecule has 1 rings (SSSR count). The van der Waals surface area contributed by atoms with Gasteiger partial charge in [-0.3, -0.25) is 4.79 Å². The first-order valence-corrected chi connectivity index (χ1v) is 6.82. The van der Waals surface area contributed by atoms with Gasteiger partial charge >= 0.3 is 5.97 Å². The van der Waals surface area contributed by atoms with E-state index in [1.807, 2.05) is 20.8 Å². The predicted octanol–water partition coefficient (Wildman–Crippen LogP) is 2.53. The van der Waals surface area contributed by atoms with Gasteiger partial charge in [-0.2, -0.15) is 0 Å². The van der Waals surface area contributed by atoms with Crippen molar-refractivity contribution in [2.45, 2.75) is 39.7 Å². The molecule has 1 N–H and O–H groups in total. The molecule has 0 saturated carbocycles. The summed E-state index contributed by atoms with van der Waals surface area (Å²) < 4.78 is 10.7. The molecule has 1 atom stereocenters. The SMILES string of the molecule is CNC(C)(CCOc1c(C)cc(C)cc1C)C(=O)OC. The molecule has 1 unspecified atom stereocenters. The first-order valence-electron chi connectivity index (χ1n) is 6.82. The fraction of sp³-hybridized carbons (Fsp3) is 0.562. The van der Waals surface area contributed by atoms with Gasteiger partial charge in [-0.05, 0) is 45.9 Å². The van der Waals surface area contributed by atoms with E-state index in [0.29, 0.717) is 13.0 Å². The smallest absolute Gasteiger partial charge is 0.325 e. The van der Waals surface area contributed by atoms with E-state index in [-0.39, 0.29) is 5.97 Å². The highest BCUT2D eigenvalue weighted by Gasteiger charge is 2.32. The van der Waals surface area contributed by atoms with E-state index in [9.17, 15) is 4.79 Å². The highest BCUT2D eigenvalue weighted by molar-refractivity contribution is 5.80. The minimum absolute atomic E-state index is 0.277. The summed E-state index contributed by atoms with van der Waals surface area (Å²) >= 11 is 0. The third kappa shape index (κ3) is 3.73. The van der Waals surface area contributed by atoms with Crippen molar-refractivity contribution in [1.29, 1.82) is 0 Å². The average Bonchev–Trinajstić information content (AvgIpc) is 2.40. The summed E-state index contributed by atoms with van der Waals surface area (Å²) in [7, 11) is 3.15. The van der Waals surface area contributed by atoms with Crippen LogP contribution in [0.25, 0.3) is 0 Å². The lowest BCUT2D eigenvalue weighted by atomic mass is 9.99. The van der Waals surface area contributed by atoms with Crippen LogP contribution in [0.1, 0.15) is 30.0 Å². The molecular formula is C16H25NO3. The summed E-state index contributed by atoms with van der Waals surface area (Å²) in [4.78, 5) is 11.7. The lowest BCUT2D eigenvalue weighted by molar-refractivity contribution is -0.148. The maximum atomic E-state index is 11.7. The van der Waals surface area contributed by atoms with Gasteiger partial charge in [-0.15, -0.1) is 0 Å². The second-order valence-corrected chi connectivity index (χ2v) is 5.40. The van der Waals surface area contributed by atoms with Crippen LogP contribution in [0.2, 0.25) is 0 Å². The topological polar surface area (TPSA) is 47.6 Å². The molecule has 0 amide bonds. The van der Waals surface area contributed by atoms with Gasteiger partial charge in [0.05, 0.1) is 13.7 Å². The molecule has 0 fully saturated rings. The van der Waals surface area contributed by atoms with E-state index in [1.54, 1.807) is 7.05 Å². The number of carbonyl (C=O) groups excluding carboxylic acids is 1. The van der Waals surface area contributed by atoms with E-state index in [2.05, 4.69) is 24.4 Å². The number of hydrogen-bond acceptors (Lipinski definition) is 4. The van der Waals surface area contributed by atoms with E-state index in [4.69, 9.17) is 9.47 Å². The standard InChI is InChI=1S/C16H25NO3/c1-11-9-12(2)14(13(3)10-11)20-8-7-16(4,17-5)15(18)19-6/h9-10,17H,7-8H2,1-6H3. The Balaban J connectivity index is 2.71. The third-order valence-electron chi connectivity index (χ3n) is 3.64. The number of methoxy groups -OCH3 is 1. The summed E-state index contributed by atoms with van der Waals surface area (Å²) in [6.07, 6.45) is 0.545. The highest BCUT2D eigenvalue weighted by atomic mass is 16.5. The van der Waals surface area contributed by atoms with Crippen LogP contribution >= 0.6 is 0 Å². The summed E-state index contributed by atoms with van der Waals surface area (Å²) in [6, 6.07) is 4.19. The molecule has 0 spiro atoms. The Kier molecular flexibility index (Phi) is 5.57. The molecule has 0 aliphatic carbocycles. The Bertz CT molecular complexity index is 462. The van der Waals surface area contributed by atoms with Crippen molar-refractivity contribution in [3.63, 3.8) is 0 Å². The molecule has 0 aromatic heterocycles. The molecule has 0 saturated heterocycles. The van der Waals surface area contributed by atoms with Gasteiger partial charge in [0.15, 0.2) is 0 Å². The van der Waals surface area contributed by atoms with Crippen molar-refractivity contribution in [1.82, 2.24) is 5.32 Å². The number of aryl methyl sites for hydroxylation is 3. The summed E-state index contributed by atoms with van der Waals surface area (Å²) in [5.41, 5.74) is 2.74. The average molecular weight is 279 g/mol. The zero-order valence-corrected chi connectivity index (χ0v) is 13.3. The maximum Gasteiger partial charge on any atom is 0.325 e. The Labute approximate surface area is 121 Å². The number of nitrogens with one attached hydrogen (secondary N) is 1. The number of esters is 1. The van der Waals surface area contributed by atoms with Crippen LogP contribution in [0.5, 0.6) is 5.75 Å². The summed E-state index contributed by atoms with van der Waals surface area (Å²) in [5, 5.41) is 3.00. The Morgan fingerprint density at radius 3 is 2.25 bits per heavy atom. The van der Waals surface area contributed by atoms with Gasteiger partial charge < -0.3 is 14.8 Å². The molecule has 0 aliphatic rings. The molecule has 1 aromatic carbocycles. The van der Waals surface area contributed by atoms with E-state index in [0.717, 1.165) is 16.9 Å². The van der Waals surface area contributed by atoms with Crippen molar-refractivity contribution in [3.8, 4) is 5.75 Å². The van der Waals surface area contributed by atoms with Crippen molar-refractivity contribution in [2.75, 3.05) is 20.8 Å². The largest absolute Gasteiger partial charge is 0.493 e.